The molecule has 1 aromatic heterocycles. The lowest BCUT2D eigenvalue weighted by Crippen LogP contribution is -2.50. The molecule has 0 unspecified atom stereocenters. The van der Waals surface area contributed by atoms with Crippen molar-refractivity contribution < 1.29 is 22.7 Å². The zero-order chi connectivity index (χ0) is 34.9. The molecule has 5 rings (SSSR count). The van der Waals surface area contributed by atoms with Crippen LogP contribution >= 0.6 is 0 Å². The zero-order valence-electron chi connectivity index (χ0n) is 29.6. The number of aryl methyl sites for hydroxylation is 2. The van der Waals surface area contributed by atoms with Crippen LogP contribution in [0.4, 0.5) is 10.7 Å². The molecule has 4 bridgehead atoms. The highest BCUT2D eigenvalue weighted by atomic mass is 32.2. The Morgan fingerprint density at radius 1 is 0.979 bits per heavy atom. The van der Waals surface area contributed by atoms with Crippen molar-refractivity contribution in [2.75, 3.05) is 11.3 Å². The number of fused-ring (bicyclic) bond motifs is 4. The number of amides is 1. The molecule has 2 heterocycles. The summed E-state index contributed by atoms with van der Waals surface area (Å²) in [6.07, 6.45) is 3.83. The van der Waals surface area contributed by atoms with Gasteiger partial charge in [0.05, 0.1) is 10.6 Å². The summed E-state index contributed by atoms with van der Waals surface area (Å²) in [5, 5.41) is 3.06. The Kier molecular flexibility index (Phi) is 10.4. The number of nitrogens with one attached hydrogen (secondary N) is 2. The molecular formula is C37H51N5O5S. The smallest absolute Gasteiger partial charge is 0.407 e. The molecular weight excluding hydrogens is 627 g/mol. The van der Waals surface area contributed by atoms with Gasteiger partial charge in [-0.2, -0.15) is 4.98 Å². The molecule has 2 aromatic carbocycles. The molecule has 0 saturated heterocycles. The molecule has 3 aromatic rings. The van der Waals surface area contributed by atoms with E-state index in [1.54, 1.807) is 24.3 Å². The second-order valence-electron chi connectivity index (χ2n) is 15.5. The first-order valence-electron chi connectivity index (χ1n) is 16.9. The molecule has 1 amide bonds. The van der Waals surface area contributed by atoms with E-state index in [9.17, 15) is 13.2 Å². The van der Waals surface area contributed by atoms with Gasteiger partial charge in [0.2, 0.25) is 11.8 Å². The molecule has 1 saturated carbocycles. The van der Waals surface area contributed by atoms with Gasteiger partial charge in [-0.15, -0.1) is 0 Å². The number of carbonyl (C=O) groups excluding carboxylic acids is 1. The van der Waals surface area contributed by atoms with E-state index in [1.807, 2.05) is 58.9 Å². The van der Waals surface area contributed by atoms with Crippen molar-refractivity contribution in [1.82, 2.24) is 20.2 Å². The lowest BCUT2D eigenvalue weighted by atomic mass is 9.84. The molecule has 11 heteroatoms. The van der Waals surface area contributed by atoms with Gasteiger partial charge >= 0.3 is 6.09 Å². The van der Waals surface area contributed by atoms with Crippen LogP contribution in [0, 0.1) is 19.3 Å². The number of aromatic nitrogens is 2. The molecule has 1 aliphatic heterocycles. The molecule has 1 aliphatic carbocycles. The van der Waals surface area contributed by atoms with E-state index in [1.165, 1.54) is 0 Å². The number of nitrogens with zero attached hydrogens (tertiary/aromatic N) is 3. The molecule has 1 fully saturated rings. The van der Waals surface area contributed by atoms with Gasteiger partial charge < -0.3 is 14.8 Å². The van der Waals surface area contributed by atoms with Crippen molar-refractivity contribution in [2.24, 2.45) is 5.41 Å². The Bertz CT molecular complexity index is 1700. The van der Waals surface area contributed by atoms with Crippen molar-refractivity contribution in [3.63, 3.8) is 0 Å². The molecule has 10 nitrogen and oxygen atoms in total. The lowest BCUT2D eigenvalue weighted by Gasteiger charge is -2.43. The number of carbonyl (C=O) groups is 1. The zero-order valence-corrected chi connectivity index (χ0v) is 30.4. The van der Waals surface area contributed by atoms with Gasteiger partial charge in [-0.3, -0.25) is 4.90 Å². The minimum atomic E-state index is -4.00. The Morgan fingerprint density at radius 2 is 1.65 bits per heavy atom. The minimum absolute atomic E-state index is 0.00130. The fraction of sp³-hybridized carbons (Fsp3) is 0.541. The van der Waals surface area contributed by atoms with Crippen LogP contribution in [0.25, 0.3) is 11.3 Å². The Labute approximate surface area is 286 Å². The van der Waals surface area contributed by atoms with Gasteiger partial charge in [0.25, 0.3) is 10.0 Å². The quantitative estimate of drug-likeness (QED) is 0.293. The number of anilines is 1. The Morgan fingerprint density at radius 3 is 2.29 bits per heavy atom. The van der Waals surface area contributed by atoms with Crippen LogP contribution < -0.4 is 14.8 Å². The summed E-state index contributed by atoms with van der Waals surface area (Å²) >= 11 is 0. The van der Waals surface area contributed by atoms with E-state index in [0.717, 1.165) is 54.4 Å². The second kappa shape index (κ2) is 14.0. The standard InChI is InChI=1S/C37H51N5O5S/c1-24-11-9-12-25(2)33(24)31-20-32-40-34(39-31)41-48(44,45)30-14-10-13-26(19-30)22-42(29(23-46-32)21-36(3,4)5)28-17-15-27(16-18-28)38-35(43)47-37(6,7)8/h9-14,19-20,27-29H,15-18,21-23H2,1-8H3,(H,38,43)(H,39,40,41)/t27?,28?,29-/m1/s1. The van der Waals surface area contributed by atoms with Crippen molar-refractivity contribution in [2.45, 2.75) is 123 Å². The Balaban J connectivity index is 1.51. The second-order valence-corrected chi connectivity index (χ2v) is 17.2. The van der Waals surface area contributed by atoms with Crippen molar-refractivity contribution in [1.29, 1.82) is 0 Å². The normalized spacial score (nSPS) is 21.8. The first-order chi connectivity index (χ1) is 22.5. The summed E-state index contributed by atoms with van der Waals surface area (Å²) in [5.41, 5.74) is 3.89. The van der Waals surface area contributed by atoms with Crippen LogP contribution in [0.15, 0.2) is 53.4 Å². The number of rotatable bonds is 4. The molecule has 48 heavy (non-hydrogen) atoms. The highest BCUT2D eigenvalue weighted by Crippen LogP contribution is 2.34. The maximum atomic E-state index is 13.7. The van der Waals surface area contributed by atoms with Crippen molar-refractivity contribution >= 4 is 22.1 Å². The number of benzene rings is 2. The topological polar surface area (TPSA) is 123 Å². The van der Waals surface area contributed by atoms with E-state index < -0.39 is 15.6 Å². The first-order valence-corrected chi connectivity index (χ1v) is 18.4. The fourth-order valence-corrected chi connectivity index (χ4v) is 7.85. The van der Waals surface area contributed by atoms with Crippen molar-refractivity contribution in [3.8, 4) is 17.1 Å². The summed E-state index contributed by atoms with van der Waals surface area (Å²) in [7, 11) is -4.00. The summed E-state index contributed by atoms with van der Waals surface area (Å²) in [4.78, 5) is 24.4. The number of sulfonamides is 1. The van der Waals surface area contributed by atoms with Crippen LogP contribution in [0.2, 0.25) is 0 Å². The molecule has 0 spiro atoms. The summed E-state index contributed by atoms with van der Waals surface area (Å²) in [6, 6.07) is 15.2. The van der Waals surface area contributed by atoms with E-state index in [2.05, 4.69) is 45.7 Å². The highest BCUT2D eigenvalue weighted by molar-refractivity contribution is 7.92. The largest absolute Gasteiger partial charge is 0.476 e. The van der Waals surface area contributed by atoms with Crippen LogP contribution in [0.5, 0.6) is 5.88 Å². The Hall–Kier alpha value is -3.70. The maximum absolute atomic E-state index is 13.7. The van der Waals surface area contributed by atoms with Gasteiger partial charge in [-0.1, -0.05) is 51.1 Å². The van der Waals surface area contributed by atoms with Crippen molar-refractivity contribution in [3.05, 3.63) is 65.2 Å². The third kappa shape index (κ3) is 9.25. The van der Waals surface area contributed by atoms with Gasteiger partial charge in [0, 0.05) is 36.3 Å². The van der Waals surface area contributed by atoms with Crippen LogP contribution in [-0.4, -0.2) is 59.7 Å². The van der Waals surface area contributed by atoms with Crippen LogP contribution in [0.1, 0.15) is 90.3 Å². The number of ether oxygens (including phenoxy) is 2. The van der Waals surface area contributed by atoms with E-state index >= 15 is 0 Å². The summed E-state index contributed by atoms with van der Waals surface area (Å²) < 4.78 is 42.1. The number of hydrogen-bond acceptors (Lipinski definition) is 8. The number of hydrogen-bond donors (Lipinski definition) is 2. The van der Waals surface area contributed by atoms with E-state index in [0.29, 0.717) is 24.7 Å². The molecule has 0 radical (unpaired) electrons. The predicted octanol–water partition coefficient (Wildman–Crippen LogP) is 7.40. The average Bonchev–Trinajstić information content (AvgIpc) is 2.97. The molecule has 260 valence electrons. The number of alkyl carbamates (subject to hydrolysis) is 1. The first kappa shape index (κ1) is 35.6. The van der Waals surface area contributed by atoms with Gasteiger partial charge in [-0.25, -0.2) is 22.9 Å². The molecule has 1 atom stereocenters. The van der Waals surface area contributed by atoms with E-state index in [-0.39, 0.29) is 40.5 Å². The third-order valence-corrected chi connectivity index (χ3v) is 10.2. The SMILES string of the molecule is Cc1cccc(C)c1-c1cc2nc(n1)NS(=O)(=O)c1cccc(c1)CN(C1CCC(NC(=O)OC(C)(C)C)CC1)[C@H](CC(C)(C)C)CO2. The monoisotopic (exact) mass is 677 g/mol. The van der Waals surface area contributed by atoms with Gasteiger partial charge in [0.1, 0.15) is 12.2 Å². The third-order valence-electron chi connectivity index (χ3n) is 8.87. The molecule has 2 N–H and O–H groups in total. The van der Waals surface area contributed by atoms with Crippen LogP contribution in [0.3, 0.4) is 0 Å². The van der Waals surface area contributed by atoms with Gasteiger partial charge in [-0.05, 0) is 101 Å². The fourth-order valence-electron chi connectivity index (χ4n) is 6.83. The maximum Gasteiger partial charge on any atom is 0.407 e. The minimum Gasteiger partial charge on any atom is -0.476 e. The van der Waals surface area contributed by atoms with Gasteiger partial charge in [0.15, 0.2) is 0 Å². The highest BCUT2D eigenvalue weighted by Gasteiger charge is 2.34. The van der Waals surface area contributed by atoms with Crippen LogP contribution in [-0.2, 0) is 21.3 Å². The predicted molar refractivity (Wildman–Crippen MR) is 189 cm³/mol. The summed E-state index contributed by atoms with van der Waals surface area (Å²) in [5.74, 6) is 0.283. The summed E-state index contributed by atoms with van der Waals surface area (Å²) in [6.45, 7) is 17.2. The lowest BCUT2D eigenvalue weighted by molar-refractivity contribution is 0.0314. The average molecular weight is 678 g/mol. The van der Waals surface area contributed by atoms with E-state index in [4.69, 9.17) is 9.47 Å². The molecule has 2 aliphatic rings.